The smallest absolute Gasteiger partial charge is 0.409 e. The average molecular weight is 206 g/mol. The molecule has 2 N–H and O–H groups in total. The van der Waals surface area contributed by atoms with Gasteiger partial charge in [0.15, 0.2) is 0 Å². The molecule has 0 aliphatic heterocycles. The summed E-state index contributed by atoms with van der Waals surface area (Å²) in [5, 5.41) is 4.10. The number of rotatable bonds is 2. The van der Waals surface area contributed by atoms with E-state index in [0.29, 0.717) is 0 Å². The van der Waals surface area contributed by atoms with Gasteiger partial charge in [0.25, 0.3) is 5.24 Å². The molecule has 0 heterocycles. The Bertz CT molecular complexity index is 200. The molecule has 5 nitrogen and oxygen atoms in total. The minimum atomic E-state index is -0.574. The van der Waals surface area contributed by atoms with E-state index in [9.17, 15) is 9.59 Å². The van der Waals surface area contributed by atoms with Gasteiger partial charge < -0.3 is 15.4 Å². The highest BCUT2D eigenvalue weighted by atomic mass is 32.1. The van der Waals surface area contributed by atoms with E-state index >= 15 is 0 Å². The Hall–Kier alpha value is -0.910. The number of amides is 2. The number of nitrogens with one attached hydrogen (secondary N) is 2. The predicted molar refractivity (Wildman–Crippen MR) is 51.8 cm³/mol. The summed E-state index contributed by atoms with van der Waals surface area (Å²) in [6, 6.07) is 0. The summed E-state index contributed by atoms with van der Waals surface area (Å²) >= 11 is 3.44. The first kappa shape index (κ1) is 12.1. The molecule has 13 heavy (non-hydrogen) atoms. The van der Waals surface area contributed by atoms with E-state index in [1.807, 2.05) is 0 Å². The van der Waals surface area contributed by atoms with Crippen molar-refractivity contribution in [2.24, 2.45) is 0 Å². The second-order valence-electron chi connectivity index (χ2n) is 3.34. The van der Waals surface area contributed by atoms with Gasteiger partial charge >= 0.3 is 6.09 Å². The lowest BCUT2D eigenvalue weighted by molar-refractivity contribution is 0.0526. The summed E-state index contributed by atoms with van der Waals surface area (Å²) in [5.41, 5.74) is -0.533. The van der Waals surface area contributed by atoms with Crippen LogP contribution >= 0.6 is 12.6 Å². The number of hydrogen-bond acceptors (Lipinski definition) is 3. The Kier molecular flexibility index (Phi) is 4.61. The standard InChI is InChI=1S/C7H14N2O3S/c1-7(2,3)12-5(10)8-4-9-6(11)13/h4H2,1-3H3,(H,8,10)(H2,9,11,13). The Labute approximate surface area is 82.6 Å². The van der Waals surface area contributed by atoms with Gasteiger partial charge in [0, 0.05) is 0 Å². The van der Waals surface area contributed by atoms with Crippen LogP contribution in [0.1, 0.15) is 20.8 Å². The van der Waals surface area contributed by atoms with E-state index in [-0.39, 0.29) is 6.67 Å². The molecule has 0 atom stereocenters. The molecule has 76 valence electrons. The van der Waals surface area contributed by atoms with E-state index in [0.717, 1.165) is 0 Å². The van der Waals surface area contributed by atoms with Crippen LogP contribution in [0.4, 0.5) is 9.59 Å². The molecule has 0 unspecified atom stereocenters. The normalized spacial score (nSPS) is 10.5. The lowest BCUT2D eigenvalue weighted by Gasteiger charge is -2.19. The van der Waals surface area contributed by atoms with Crippen molar-refractivity contribution in [2.45, 2.75) is 26.4 Å². The molecule has 2 amide bonds. The molecule has 0 aromatic carbocycles. The quantitative estimate of drug-likeness (QED) is 0.468. The molecule has 0 aromatic heterocycles. The van der Waals surface area contributed by atoms with Crippen LogP contribution in [0.3, 0.4) is 0 Å². The minimum Gasteiger partial charge on any atom is -0.444 e. The van der Waals surface area contributed by atoms with Crippen LogP contribution in [-0.2, 0) is 4.74 Å². The highest BCUT2D eigenvalue weighted by Crippen LogP contribution is 2.05. The SMILES string of the molecule is CC(C)(C)OC(=O)NCNC(=O)S. The maximum absolute atomic E-state index is 10.9. The Morgan fingerprint density at radius 2 is 1.85 bits per heavy atom. The first-order valence-electron chi connectivity index (χ1n) is 3.75. The van der Waals surface area contributed by atoms with E-state index < -0.39 is 16.9 Å². The fraction of sp³-hybridized carbons (Fsp3) is 0.714. The topological polar surface area (TPSA) is 67.4 Å². The van der Waals surface area contributed by atoms with Crippen LogP contribution in [0.15, 0.2) is 0 Å². The molecule has 0 aliphatic carbocycles. The first-order chi connectivity index (χ1) is 5.81. The van der Waals surface area contributed by atoms with Crippen molar-refractivity contribution in [3.05, 3.63) is 0 Å². The zero-order valence-corrected chi connectivity index (χ0v) is 8.77. The van der Waals surface area contributed by atoms with Crippen molar-refractivity contribution in [3.63, 3.8) is 0 Å². The van der Waals surface area contributed by atoms with Gasteiger partial charge in [-0.3, -0.25) is 4.79 Å². The van der Waals surface area contributed by atoms with Gasteiger partial charge in [-0.25, -0.2) is 4.79 Å². The fourth-order valence-electron chi connectivity index (χ4n) is 0.506. The molecule has 0 saturated carbocycles. The first-order valence-corrected chi connectivity index (χ1v) is 4.19. The number of carbonyl (C=O) groups excluding carboxylic acids is 2. The third-order valence-corrected chi connectivity index (χ3v) is 1.03. The molecule has 0 fully saturated rings. The molecule has 6 heteroatoms. The van der Waals surface area contributed by atoms with Gasteiger partial charge in [0.1, 0.15) is 5.60 Å². The fourth-order valence-corrected chi connectivity index (χ4v) is 0.585. The van der Waals surface area contributed by atoms with Crippen molar-refractivity contribution in [2.75, 3.05) is 6.67 Å². The molecule has 0 spiro atoms. The van der Waals surface area contributed by atoms with Gasteiger partial charge in [-0.15, -0.1) is 0 Å². The van der Waals surface area contributed by atoms with Crippen molar-refractivity contribution in [1.82, 2.24) is 10.6 Å². The lowest BCUT2D eigenvalue weighted by atomic mass is 10.2. The van der Waals surface area contributed by atoms with Crippen LogP contribution in [0.5, 0.6) is 0 Å². The highest BCUT2D eigenvalue weighted by molar-refractivity contribution is 7.96. The molecule has 0 rings (SSSR count). The van der Waals surface area contributed by atoms with Crippen molar-refractivity contribution in [3.8, 4) is 0 Å². The van der Waals surface area contributed by atoms with Gasteiger partial charge in [-0.2, -0.15) is 0 Å². The maximum atomic E-state index is 10.9. The maximum Gasteiger partial charge on any atom is 0.409 e. The number of ether oxygens (including phenoxy) is 1. The highest BCUT2D eigenvalue weighted by Gasteiger charge is 2.15. The van der Waals surface area contributed by atoms with Crippen LogP contribution in [-0.4, -0.2) is 23.6 Å². The Balaban J connectivity index is 3.59. The van der Waals surface area contributed by atoms with Crippen LogP contribution in [0.2, 0.25) is 0 Å². The number of hydrogen-bond donors (Lipinski definition) is 3. The predicted octanol–water partition coefficient (Wildman–Crippen LogP) is 1.11. The van der Waals surface area contributed by atoms with Crippen molar-refractivity contribution in [1.29, 1.82) is 0 Å². The second kappa shape index (κ2) is 4.96. The summed E-state index contributed by atoms with van der Waals surface area (Å²) in [4.78, 5) is 21.2. The van der Waals surface area contributed by atoms with Crippen LogP contribution in [0.25, 0.3) is 0 Å². The van der Waals surface area contributed by atoms with Gasteiger partial charge in [0.2, 0.25) is 0 Å². The minimum absolute atomic E-state index is 0.0112. The van der Waals surface area contributed by atoms with E-state index in [2.05, 4.69) is 23.3 Å². The average Bonchev–Trinajstić information content (AvgIpc) is 1.81. The van der Waals surface area contributed by atoms with E-state index in [1.165, 1.54) is 0 Å². The molecule has 0 saturated heterocycles. The molecule has 0 radical (unpaired) electrons. The molecule has 0 aromatic rings. The summed E-state index contributed by atoms with van der Waals surface area (Å²) in [7, 11) is 0. The van der Waals surface area contributed by atoms with Crippen molar-refractivity contribution >= 4 is 24.0 Å². The molecule has 0 bridgehead atoms. The van der Waals surface area contributed by atoms with Gasteiger partial charge in [0.05, 0.1) is 6.67 Å². The number of thiol groups is 1. The largest absolute Gasteiger partial charge is 0.444 e. The van der Waals surface area contributed by atoms with E-state index in [1.54, 1.807) is 20.8 Å². The number of carbonyl (C=O) groups is 2. The van der Waals surface area contributed by atoms with Gasteiger partial charge in [-0.1, -0.05) is 12.6 Å². The van der Waals surface area contributed by atoms with Crippen LogP contribution in [0, 0.1) is 0 Å². The van der Waals surface area contributed by atoms with Crippen LogP contribution < -0.4 is 10.6 Å². The Morgan fingerprint density at radius 3 is 2.23 bits per heavy atom. The summed E-state index contributed by atoms with van der Waals surface area (Å²) in [5.74, 6) is 0. The summed E-state index contributed by atoms with van der Waals surface area (Å²) in [6.07, 6.45) is -0.574. The Morgan fingerprint density at radius 1 is 1.31 bits per heavy atom. The third kappa shape index (κ3) is 9.00. The third-order valence-electron chi connectivity index (χ3n) is 0.871. The molecular formula is C7H14N2O3S. The molecular weight excluding hydrogens is 192 g/mol. The zero-order valence-electron chi connectivity index (χ0n) is 7.88. The summed E-state index contributed by atoms with van der Waals surface area (Å²) < 4.78 is 4.89. The molecule has 0 aliphatic rings. The van der Waals surface area contributed by atoms with Gasteiger partial charge in [-0.05, 0) is 20.8 Å². The summed E-state index contributed by atoms with van der Waals surface area (Å²) in [6.45, 7) is 5.27. The van der Waals surface area contributed by atoms with Crippen molar-refractivity contribution < 1.29 is 14.3 Å². The van der Waals surface area contributed by atoms with E-state index in [4.69, 9.17) is 4.74 Å². The lowest BCUT2D eigenvalue weighted by Crippen LogP contribution is -2.38. The zero-order chi connectivity index (χ0) is 10.5. The number of alkyl carbamates (subject to hydrolysis) is 1. The monoisotopic (exact) mass is 206 g/mol. The second-order valence-corrected chi connectivity index (χ2v) is 3.74.